The Kier molecular flexibility index (Phi) is 4.23. The standard InChI is InChI=1S/C18H20O3/c1-13-7-12-17(20-13)18(19)14-8-10-16(11-9-14)21-15-5-3-2-4-6-15/h2-6,8-11,13,17-19H,7,12H2,1H3. The first-order valence-corrected chi connectivity index (χ1v) is 7.39. The third-order valence-electron chi connectivity index (χ3n) is 3.82. The first-order valence-electron chi connectivity index (χ1n) is 7.39. The van der Waals surface area contributed by atoms with Crippen molar-refractivity contribution < 1.29 is 14.6 Å². The zero-order valence-corrected chi connectivity index (χ0v) is 12.1. The Bertz CT molecular complexity index is 565. The van der Waals surface area contributed by atoms with Gasteiger partial charge in [-0.3, -0.25) is 0 Å². The summed E-state index contributed by atoms with van der Waals surface area (Å²) in [4.78, 5) is 0. The van der Waals surface area contributed by atoms with E-state index in [1.165, 1.54) is 0 Å². The molecule has 0 radical (unpaired) electrons. The smallest absolute Gasteiger partial charge is 0.127 e. The predicted octanol–water partition coefficient (Wildman–Crippen LogP) is 4.08. The maximum atomic E-state index is 10.4. The van der Waals surface area contributed by atoms with E-state index in [2.05, 4.69) is 0 Å². The van der Waals surface area contributed by atoms with Crippen LogP contribution in [-0.2, 0) is 4.74 Å². The van der Waals surface area contributed by atoms with Crippen molar-refractivity contribution in [2.75, 3.05) is 0 Å². The molecule has 1 aliphatic heterocycles. The van der Waals surface area contributed by atoms with Crippen LogP contribution in [0.4, 0.5) is 0 Å². The van der Waals surface area contributed by atoms with Crippen molar-refractivity contribution in [3.63, 3.8) is 0 Å². The number of aliphatic hydroxyl groups excluding tert-OH is 1. The van der Waals surface area contributed by atoms with Crippen LogP contribution >= 0.6 is 0 Å². The number of rotatable bonds is 4. The lowest BCUT2D eigenvalue weighted by Crippen LogP contribution is -2.18. The van der Waals surface area contributed by atoms with Crippen molar-refractivity contribution in [3.8, 4) is 11.5 Å². The lowest BCUT2D eigenvalue weighted by Gasteiger charge is -2.19. The summed E-state index contributed by atoms with van der Waals surface area (Å²) in [6, 6.07) is 17.2. The van der Waals surface area contributed by atoms with Crippen LogP contribution in [-0.4, -0.2) is 17.3 Å². The minimum absolute atomic E-state index is 0.0964. The molecule has 1 N–H and O–H groups in total. The third kappa shape index (κ3) is 3.43. The molecule has 0 spiro atoms. The van der Waals surface area contributed by atoms with Gasteiger partial charge in [0.1, 0.15) is 17.6 Å². The van der Waals surface area contributed by atoms with E-state index >= 15 is 0 Å². The second-order valence-corrected chi connectivity index (χ2v) is 5.49. The van der Waals surface area contributed by atoms with Crippen LogP contribution in [0.2, 0.25) is 0 Å². The van der Waals surface area contributed by atoms with E-state index in [4.69, 9.17) is 9.47 Å². The SMILES string of the molecule is CC1CCC(C(O)c2ccc(Oc3ccccc3)cc2)O1. The Hall–Kier alpha value is -1.84. The first kappa shape index (κ1) is 14.1. The monoisotopic (exact) mass is 284 g/mol. The highest BCUT2D eigenvalue weighted by molar-refractivity contribution is 5.33. The summed E-state index contributed by atoms with van der Waals surface area (Å²) < 4.78 is 11.5. The molecule has 3 nitrogen and oxygen atoms in total. The third-order valence-corrected chi connectivity index (χ3v) is 3.82. The molecule has 3 heteroatoms. The lowest BCUT2D eigenvalue weighted by molar-refractivity contribution is -0.0297. The Labute approximate surface area is 125 Å². The van der Waals surface area contributed by atoms with Crippen molar-refractivity contribution in [2.24, 2.45) is 0 Å². The highest BCUT2D eigenvalue weighted by Gasteiger charge is 2.29. The number of aliphatic hydroxyl groups is 1. The van der Waals surface area contributed by atoms with E-state index in [9.17, 15) is 5.11 Å². The summed E-state index contributed by atoms with van der Waals surface area (Å²) in [6.07, 6.45) is 1.49. The van der Waals surface area contributed by atoms with Crippen LogP contribution < -0.4 is 4.74 Å². The van der Waals surface area contributed by atoms with Gasteiger partial charge in [-0.15, -0.1) is 0 Å². The minimum Gasteiger partial charge on any atom is -0.457 e. The van der Waals surface area contributed by atoms with Gasteiger partial charge in [-0.25, -0.2) is 0 Å². The molecule has 110 valence electrons. The van der Waals surface area contributed by atoms with E-state index < -0.39 is 6.10 Å². The molecule has 1 saturated heterocycles. The molecule has 0 amide bonds. The van der Waals surface area contributed by atoms with Crippen molar-refractivity contribution in [1.29, 1.82) is 0 Å². The fourth-order valence-corrected chi connectivity index (χ4v) is 2.64. The van der Waals surface area contributed by atoms with Crippen molar-refractivity contribution >= 4 is 0 Å². The minimum atomic E-state index is -0.569. The van der Waals surface area contributed by atoms with E-state index in [0.29, 0.717) is 0 Å². The molecule has 3 unspecified atom stereocenters. The van der Waals surface area contributed by atoms with Crippen LogP contribution in [0.1, 0.15) is 31.4 Å². The number of para-hydroxylation sites is 1. The van der Waals surface area contributed by atoms with E-state index in [0.717, 1.165) is 29.9 Å². The molecular weight excluding hydrogens is 264 g/mol. The number of hydrogen-bond donors (Lipinski definition) is 1. The predicted molar refractivity (Wildman–Crippen MR) is 81.5 cm³/mol. The van der Waals surface area contributed by atoms with Crippen LogP contribution in [0, 0.1) is 0 Å². The summed E-state index contributed by atoms with van der Waals surface area (Å²) in [6.45, 7) is 2.05. The molecular formula is C18H20O3. The van der Waals surface area contributed by atoms with Gasteiger partial charge in [-0.1, -0.05) is 30.3 Å². The first-order chi connectivity index (χ1) is 10.2. The number of benzene rings is 2. The van der Waals surface area contributed by atoms with Gasteiger partial charge in [-0.2, -0.15) is 0 Å². The van der Waals surface area contributed by atoms with Gasteiger partial charge in [0.15, 0.2) is 0 Å². The fraction of sp³-hybridized carbons (Fsp3) is 0.333. The van der Waals surface area contributed by atoms with Crippen LogP contribution in [0.15, 0.2) is 54.6 Å². The van der Waals surface area contributed by atoms with Gasteiger partial charge in [0.2, 0.25) is 0 Å². The van der Waals surface area contributed by atoms with Gasteiger partial charge in [-0.05, 0) is 49.6 Å². The van der Waals surface area contributed by atoms with Crippen molar-refractivity contribution in [2.45, 2.75) is 38.1 Å². The molecule has 0 aromatic heterocycles. The number of hydrogen-bond acceptors (Lipinski definition) is 3. The molecule has 1 aliphatic rings. The topological polar surface area (TPSA) is 38.7 Å². The van der Waals surface area contributed by atoms with E-state index in [1.807, 2.05) is 61.5 Å². The maximum Gasteiger partial charge on any atom is 0.127 e. The molecule has 3 rings (SSSR count). The van der Waals surface area contributed by atoms with Gasteiger partial charge in [0.25, 0.3) is 0 Å². The molecule has 0 bridgehead atoms. The molecule has 3 atom stereocenters. The quantitative estimate of drug-likeness (QED) is 0.919. The van der Waals surface area contributed by atoms with Gasteiger partial charge in [0, 0.05) is 0 Å². The van der Waals surface area contributed by atoms with Crippen LogP contribution in [0.3, 0.4) is 0 Å². The van der Waals surface area contributed by atoms with Crippen LogP contribution in [0.5, 0.6) is 11.5 Å². The molecule has 1 fully saturated rings. The Morgan fingerprint density at radius 1 is 1.00 bits per heavy atom. The Balaban J connectivity index is 1.66. The average Bonchev–Trinajstić information content (AvgIpc) is 2.95. The summed E-state index contributed by atoms with van der Waals surface area (Å²) in [7, 11) is 0. The molecule has 2 aromatic rings. The number of ether oxygens (including phenoxy) is 2. The van der Waals surface area contributed by atoms with Gasteiger partial charge < -0.3 is 14.6 Å². The van der Waals surface area contributed by atoms with Crippen LogP contribution in [0.25, 0.3) is 0 Å². The normalized spacial score (nSPS) is 23.0. The zero-order chi connectivity index (χ0) is 14.7. The van der Waals surface area contributed by atoms with Gasteiger partial charge >= 0.3 is 0 Å². The summed E-state index contributed by atoms with van der Waals surface area (Å²) in [5.74, 6) is 1.57. The summed E-state index contributed by atoms with van der Waals surface area (Å²) in [5.41, 5.74) is 0.870. The molecule has 1 heterocycles. The second-order valence-electron chi connectivity index (χ2n) is 5.49. The van der Waals surface area contributed by atoms with Crippen molar-refractivity contribution in [1.82, 2.24) is 0 Å². The Morgan fingerprint density at radius 2 is 1.67 bits per heavy atom. The highest BCUT2D eigenvalue weighted by atomic mass is 16.5. The maximum absolute atomic E-state index is 10.4. The lowest BCUT2D eigenvalue weighted by atomic mass is 10.0. The second kappa shape index (κ2) is 6.29. The molecule has 0 aliphatic carbocycles. The zero-order valence-electron chi connectivity index (χ0n) is 12.1. The molecule has 21 heavy (non-hydrogen) atoms. The molecule has 0 saturated carbocycles. The summed E-state index contributed by atoms with van der Waals surface area (Å²) in [5, 5.41) is 10.4. The van der Waals surface area contributed by atoms with Gasteiger partial charge in [0.05, 0.1) is 12.2 Å². The van der Waals surface area contributed by atoms with Crippen molar-refractivity contribution in [3.05, 3.63) is 60.2 Å². The summed E-state index contributed by atoms with van der Waals surface area (Å²) >= 11 is 0. The fourth-order valence-electron chi connectivity index (χ4n) is 2.64. The largest absolute Gasteiger partial charge is 0.457 e. The van der Waals surface area contributed by atoms with E-state index in [-0.39, 0.29) is 12.2 Å². The Morgan fingerprint density at radius 3 is 2.29 bits per heavy atom. The van der Waals surface area contributed by atoms with E-state index in [1.54, 1.807) is 0 Å². The molecule has 2 aromatic carbocycles. The average molecular weight is 284 g/mol. The highest BCUT2D eigenvalue weighted by Crippen LogP contribution is 2.31.